The molecule has 0 saturated carbocycles. The Balaban J connectivity index is 2.89. The van der Waals surface area contributed by atoms with E-state index in [0.717, 1.165) is 5.69 Å². The SMILES string of the molecule is C=CCNc1nc(C)cc(C#N)n1. The van der Waals surface area contributed by atoms with Gasteiger partial charge in [-0.2, -0.15) is 5.26 Å². The van der Waals surface area contributed by atoms with Crippen molar-refractivity contribution in [1.82, 2.24) is 9.97 Å². The Kier molecular flexibility index (Phi) is 2.98. The first-order valence-corrected chi connectivity index (χ1v) is 3.87. The second-order valence-corrected chi connectivity index (χ2v) is 2.50. The van der Waals surface area contributed by atoms with Crippen molar-refractivity contribution in [2.75, 3.05) is 11.9 Å². The van der Waals surface area contributed by atoms with Crippen LogP contribution in [0.3, 0.4) is 0 Å². The van der Waals surface area contributed by atoms with Gasteiger partial charge in [0.2, 0.25) is 5.95 Å². The molecule has 4 nitrogen and oxygen atoms in total. The third-order valence-corrected chi connectivity index (χ3v) is 1.37. The van der Waals surface area contributed by atoms with Crippen LogP contribution in [0, 0.1) is 18.3 Å². The van der Waals surface area contributed by atoms with Gasteiger partial charge in [0, 0.05) is 12.2 Å². The van der Waals surface area contributed by atoms with Crippen molar-refractivity contribution in [2.45, 2.75) is 6.92 Å². The average Bonchev–Trinajstić information content (AvgIpc) is 2.14. The van der Waals surface area contributed by atoms with Crippen LogP contribution < -0.4 is 5.32 Å². The minimum Gasteiger partial charge on any atom is -0.351 e. The zero-order valence-corrected chi connectivity index (χ0v) is 7.41. The first kappa shape index (κ1) is 9.20. The smallest absolute Gasteiger partial charge is 0.224 e. The molecule has 1 aromatic heterocycles. The summed E-state index contributed by atoms with van der Waals surface area (Å²) in [5, 5.41) is 11.5. The van der Waals surface area contributed by atoms with Crippen molar-refractivity contribution in [3.63, 3.8) is 0 Å². The van der Waals surface area contributed by atoms with Gasteiger partial charge >= 0.3 is 0 Å². The van der Waals surface area contributed by atoms with Crippen LogP contribution in [0.1, 0.15) is 11.4 Å². The molecular weight excluding hydrogens is 164 g/mol. The number of hydrogen-bond donors (Lipinski definition) is 1. The second-order valence-electron chi connectivity index (χ2n) is 2.50. The topological polar surface area (TPSA) is 61.6 Å². The van der Waals surface area contributed by atoms with Crippen molar-refractivity contribution in [2.24, 2.45) is 0 Å². The zero-order chi connectivity index (χ0) is 9.68. The third-order valence-electron chi connectivity index (χ3n) is 1.37. The molecule has 66 valence electrons. The monoisotopic (exact) mass is 174 g/mol. The number of nitriles is 1. The summed E-state index contributed by atoms with van der Waals surface area (Å²) in [7, 11) is 0. The molecule has 0 bridgehead atoms. The van der Waals surface area contributed by atoms with E-state index in [1.165, 1.54) is 0 Å². The Morgan fingerprint density at radius 2 is 2.46 bits per heavy atom. The van der Waals surface area contributed by atoms with Crippen molar-refractivity contribution in [3.8, 4) is 6.07 Å². The quantitative estimate of drug-likeness (QED) is 0.700. The lowest BCUT2D eigenvalue weighted by Gasteiger charge is -2.01. The number of nitrogens with one attached hydrogen (secondary N) is 1. The van der Waals surface area contributed by atoms with Crippen LogP contribution in [0.5, 0.6) is 0 Å². The largest absolute Gasteiger partial charge is 0.351 e. The maximum atomic E-state index is 8.62. The molecule has 0 aliphatic rings. The predicted octanol–water partition coefficient (Wildman–Crippen LogP) is 1.25. The lowest BCUT2D eigenvalue weighted by molar-refractivity contribution is 1.06. The fourth-order valence-corrected chi connectivity index (χ4v) is 0.868. The molecule has 0 aromatic carbocycles. The van der Waals surface area contributed by atoms with Gasteiger partial charge in [0.25, 0.3) is 0 Å². The summed E-state index contributed by atoms with van der Waals surface area (Å²) in [5.41, 5.74) is 1.15. The Morgan fingerprint density at radius 1 is 1.69 bits per heavy atom. The Morgan fingerprint density at radius 3 is 3.08 bits per heavy atom. The summed E-state index contributed by atoms with van der Waals surface area (Å²) < 4.78 is 0. The van der Waals surface area contributed by atoms with E-state index >= 15 is 0 Å². The van der Waals surface area contributed by atoms with Gasteiger partial charge in [0.1, 0.15) is 11.8 Å². The predicted molar refractivity (Wildman–Crippen MR) is 50.2 cm³/mol. The average molecular weight is 174 g/mol. The maximum absolute atomic E-state index is 8.62. The van der Waals surface area contributed by atoms with Crippen LogP contribution in [0.15, 0.2) is 18.7 Å². The highest BCUT2D eigenvalue weighted by molar-refractivity contribution is 5.33. The fourth-order valence-electron chi connectivity index (χ4n) is 0.868. The van der Waals surface area contributed by atoms with E-state index < -0.39 is 0 Å². The van der Waals surface area contributed by atoms with Crippen molar-refractivity contribution < 1.29 is 0 Å². The van der Waals surface area contributed by atoms with Gasteiger partial charge < -0.3 is 5.32 Å². The summed E-state index contributed by atoms with van der Waals surface area (Å²) >= 11 is 0. The van der Waals surface area contributed by atoms with Crippen LogP contribution in [-0.4, -0.2) is 16.5 Å². The molecule has 1 heterocycles. The first-order valence-electron chi connectivity index (χ1n) is 3.87. The minimum atomic E-state index is 0.374. The first-order chi connectivity index (χ1) is 6.26. The van der Waals surface area contributed by atoms with E-state index in [1.54, 1.807) is 12.1 Å². The van der Waals surface area contributed by atoms with Gasteiger partial charge in [0.05, 0.1) is 0 Å². The molecule has 0 fully saturated rings. The Hall–Kier alpha value is -1.89. The van der Waals surface area contributed by atoms with E-state index in [0.29, 0.717) is 18.2 Å². The molecule has 4 heteroatoms. The van der Waals surface area contributed by atoms with E-state index in [-0.39, 0.29) is 0 Å². The highest BCUT2D eigenvalue weighted by atomic mass is 15.1. The molecule has 0 spiro atoms. The molecule has 1 rings (SSSR count). The molecule has 0 amide bonds. The van der Waals surface area contributed by atoms with Gasteiger partial charge in [-0.3, -0.25) is 0 Å². The number of anilines is 1. The van der Waals surface area contributed by atoms with Gasteiger partial charge in [0.15, 0.2) is 0 Å². The summed E-state index contributed by atoms with van der Waals surface area (Å²) in [5.74, 6) is 0.469. The van der Waals surface area contributed by atoms with Crippen LogP contribution >= 0.6 is 0 Å². The number of aromatic nitrogens is 2. The molecular formula is C9H10N4. The maximum Gasteiger partial charge on any atom is 0.224 e. The molecule has 0 aliphatic heterocycles. The van der Waals surface area contributed by atoms with E-state index in [4.69, 9.17) is 5.26 Å². The third kappa shape index (κ3) is 2.56. The summed E-state index contributed by atoms with van der Waals surface area (Å²) in [6, 6.07) is 3.61. The minimum absolute atomic E-state index is 0.374. The van der Waals surface area contributed by atoms with Crippen LogP contribution in [-0.2, 0) is 0 Å². The second kappa shape index (κ2) is 4.21. The molecule has 13 heavy (non-hydrogen) atoms. The molecule has 0 unspecified atom stereocenters. The van der Waals surface area contributed by atoms with Crippen LogP contribution in [0.4, 0.5) is 5.95 Å². The molecule has 0 saturated heterocycles. The van der Waals surface area contributed by atoms with Crippen molar-refractivity contribution >= 4 is 5.95 Å². The normalized spacial score (nSPS) is 8.92. The summed E-state index contributed by atoms with van der Waals surface area (Å²) in [6.07, 6.45) is 1.71. The highest BCUT2D eigenvalue weighted by Crippen LogP contribution is 2.02. The number of aryl methyl sites for hydroxylation is 1. The lowest BCUT2D eigenvalue weighted by Crippen LogP contribution is -2.04. The molecule has 0 aliphatic carbocycles. The summed E-state index contributed by atoms with van der Waals surface area (Å²) in [6.45, 7) is 5.97. The van der Waals surface area contributed by atoms with Gasteiger partial charge in [-0.05, 0) is 13.0 Å². The molecule has 0 radical (unpaired) electrons. The van der Waals surface area contributed by atoms with Gasteiger partial charge in [-0.25, -0.2) is 9.97 Å². The van der Waals surface area contributed by atoms with Gasteiger partial charge in [-0.15, -0.1) is 6.58 Å². The lowest BCUT2D eigenvalue weighted by atomic mass is 10.3. The van der Waals surface area contributed by atoms with Crippen LogP contribution in [0.2, 0.25) is 0 Å². The number of nitrogens with zero attached hydrogens (tertiary/aromatic N) is 3. The Labute approximate surface area is 76.9 Å². The molecule has 1 aromatic rings. The van der Waals surface area contributed by atoms with E-state index in [1.807, 2.05) is 13.0 Å². The number of hydrogen-bond acceptors (Lipinski definition) is 4. The zero-order valence-electron chi connectivity index (χ0n) is 7.41. The van der Waals surface area contributed by atoms with Crippen molar-refractivity contribution in [1.29, 1.82) is 5.26 Å². The number of rotatable bonds is 3. The highest BCUT2D eigenvalue weighted by Gasteiger charge is 1.99. The van der Waals surface area contributed by atoms with Crippen LogP contribution in [0.25, 0.3) is 0 Å². The van der Waals surface area contributed by atoms with E-state index in [9.17, 15) is 0 Å². The standard InChI is InChI=1S/C9H10N4/c1-3-4-11-9-12-7(2)5-8(6-10)13-9/h3,5H,1,4H2,2H3,(H,11,12,13). The Bertz CT molecular complexity index is 351. The molecule has 1 N–H and O–H groups in total. The summed E-state index contributed by atoms with van der Waals surface area (Å²) in [4.78, 5) is 8.06. The molecule has 0 atom stereocenters. The van der Waals surface area contributed by atoms with Crippen molar-refractivity contribution in [3.05, 3.63) is 30.1 Å². The van der Waals surface area contributed by atoms with Gasteiger partial charge in [-0.1, -0.05) is 6.08 Å². The van der Waals surface area contributed by atoms with E-state index in [2.05, 4.69) is 21.9 Å². The fraction of sp³-hybridized carbons (Fsp3) is 0.222.